The van der Waals surface area contributed by atoms with Gasteiger partial charge in [-0.25, -0.2) is 4.98 Å². The van der Waals surface area contributed by atoms with Crippen molar-refractivity contribution in [1.82, 2.24) is 19.8 Å². The van der Waals surface area contributed by atoms with Crippen molar-refractivity contribution in [2.24, 2.45) is 0 Å². The fourth-order valence-corrected chi connectivity index (χ4v) is 3.54. The van der Waals surface area contributed by atoms with Crippen molar-refractivity contribution in [2.75, 3.05) is 13.1 Å². The molecular formula is C15H20N4O2S. The molecule has 0 aliphatic carbocycles. The van der Waals surface area contributed by atoms with E-state index in [0.29, 0.717) is 24.4 Å². The summed E-state index contributed by atoms with van der Waals surface area (Å²) >= 11 is 1.45. The van der Waals surface area contributed by atoms with Crippen LogP contribution in [-0.4, -0.2) is 45.5 Å². The van der Waals surface area contributed by atoms with E-state index < -0.39 is 0 Å². The van der Waals surface area contributed by atoms with Gasteiger partial charge < -0.3 is 10.2 Å². The molecule has 1 amide bonds. The first-order valence-electron chi connectivity index (χ1n) is 7.53. The van der Waals surface area contributed by atoms with Crippen LogP contribution in [0.3, 0.4) is 0 Å². The van der Waals surface area contributed by atoms with Gasteiger partial charge in [0.15, 0.2) is 0 Å². The van der Waals surface area contributed by atoms with Gasteiger partial charge >= 0.3 is 0 Å². The zero-order valence-electron chi connectivity index (χ0n) is 12.8. The number of hydrogen-bond acceptors (Lipinski definition) is 5. The van der Waals surface area contributed by atoms with Gasteiger partial charge in [0.1, 0.15) is 4.83 Å². The molecular weight excluding hydrogens is 300 g/mol. The summed E-state index contributed by atoms with van der Waals surface area (Å²) in [7, 11) is 0. The molecule has 1 aliphatic rings. The van der Waals surface area contributed by atoms with Crippen LogP contribution in [0.1, 0.15) is 20.3 Å². The SMILES string of the molecule is CC1NCCN(C(=O)CCn2cnc3sccc3c2=O)C1C. The molecule has 7 heteroatoms. The Morgan fingerprint density at radius 1 is 1.50 bits per heavy atom. The highest BCUT2D eigenvalue weighted by Gasteiger charge is 2.27. The van der Waals surface area contributed by atoms with Crippen molar-refractivity contribution in [3.05, 3.63) is 28.1 Å². The second kappa shape index (κ2) is 6.18. The van der Waals surface area contributed by atoms with Crippen LogP contribution in [0.5, 0.6) is 0 Å². The highest BCUT2D eigenvalue weighted by atomic mass is 32.1. The van der Waals surface area contributed by atoms with E-state index >= 15 is 0 Å². The predicted octanol–water partition coefficient (Wildman–Crippen LogP) is 1.06. The van der Waals surface area contributed by atoms with E-state index in [2.05, 4.69) is 24.1 Å². The summed E-state index contributed by atoms with van der Waals surface area (Å²) in [5, 5.41) is 5.85. The second-order valence-electron chi connectivity index (χ2n) is 5.70. The number of rotatable bonds is 3. The lowest BCUT2D eigenvalue weighted by Gasteiger charge is -2.38. The van der Waals surface area contributed by atoms with Gasteiger partial charge in [0.25, 0.3) is 5.56 Å². The topological polar surface area (TPSA) is 67.2 Å². The number of thiophene rings is 1. The molecule has 0 saturated carbocycles. The molecule has 0 bridgehead atoms. The number of nitrogens with one attached hydrogen (secondary N) is 1. The molecule has 2 aromatic heterocycles. The minimum atomic E-state index is -0.0687. The van der Waals surface area contributed by atoms with Crippen molar-refractivity contribution >= 4 is 27.5 Å². The number of carbonyl (C=O) groups excluding carboxylic acids is 1. The monoisotopic (exact) mass is 320 g/mol. The molecule has 1 N–H and O–H groups in total. The van der Waals surface area contributed by atoms with Crippen LogP contribution in [0.4, 0.5) is 0 Å². The number of hydrogen-bond donors (Lipinski definition) is 1. The van der Waals surface area contributed by atoms with Crippen LogP contribution in [0.15, 0.2) is 22.6 Å². The zero-order valence-corrected chi connectivity index (χ0v) is 13.6. The number of aromatic nitrogens is 2. The number of amides is 1. The van der Waals surface area contributed by atoms with E-state index in [1.54, 1.807) is 6.07 Å². The molecule has 1 aliphatic heterocycles. The minimum Gasteiger partial charge on any atom is -0.337 e. The Morgan fingerprint density at radius 2 is 2.32 bits per heavy atom. The summed E-state index contributed by atoms with van der Waals surface area (Å²) < 4.78 is 1.53. The minimum absolute atomic E-state index is 0.0687. The third-order valence-electron chi connectivity index (χ3n) is 4.37. The van der Waals surface area contributed by atoms with Crippen LogP contribution in [0.25, 0.3) is 10.2 Å². The first-order chi connectivity index (χ1) is 10.6. The molecule has 1 saturated heterocycles. The third kappa shape index (κ3) is 2.78. The number of nitrogens with zero attached hydrogens (tertiary/aromatic N) is 3. The average Bonchev–Trinajstić information content (AvgIpc) is 2.98. The van der Waals surface area contributed by atoms with Gasteiger partial charge in [-0.15, -0.1) is 11.3 Å². The van der Waals surface area contributed by atoms with E-state index in [9.17, 15) is 9.59 Å². The van der Waals surface area contributed by atoms with Gasteiger partial charge in [-0.05, 0) is 25.3 Å². The normalized spacial score (nSPS) is 22.2. The van der Waals surface area contributed by atoms with E-state index in [0.717, 1.165) is 17.9 Å². The molecule has 2 unspecified atom stereocenters. The Kier molecular flexibility index (Phi) is 4.26. The van der Waals surface area contributed by atoms with Crippen molar-refractivity contribution in [1.29, 1.82) is 0 Å². The summed E-state index contributed by atoms with van der Waals surface area (Å²) in [5.74, 6) is 0.0955. The Hall–Kier alpha value is -1.73. The first kappa shape index (κ1) is 15.2. The van der Waals surface area contributed by atoms with E-state index in [1.807, 2.05) is 10.3 Å². The molecule has 3 rings (SSSR count). The summed E-state index contributed by atoms with van der Waals surface area (Å²) in [5.41, 5.74) is -0.0687. The lowest BCUT2D eigenvalue weighted by atomic mass is 10.1. The van der Waals surface area contributed by atoms with Crippen molar-refractivity contribution in [2.45, 2.75) is 38.9 Å². The lowest BCUT2D eigenvalue weighted by molar-refractivity contribution is -0.135. The number of carbonyl (C=O) groups is 1. The summed E-state index contributed by atoms with van der Waals surface area (Å²) in [6, 6.07) is 2.26. The van der Waals surface area contributed by atoms with Gasteiger partial charge in [-0.2, -0.15) is 0 Å². The van der Waals surface area contributed by atoms with Gasteiger partial charge in [0.05, 0.1) is 11.7 Å². The highest BCUT2D eigenvalue weighted by molar-refractivity contribution is 7.16. The highest BCUT2D eigenvalue weighted by Crippen LogP contribution is 2.14. The largest absolute Gasteiger partial charge is 0.337 e. The molecule has 3 heterocycles. The molecule has 6 nitrogen and oxygen atoms in total. The Balaban J connectivity index is 1.69. The summed E-state index contributed by atoms with van der Waals surface area (Å²) in [6.07, 6.45) is 1.87. The van der Waals surface area contributed by atoms with Gasteiger partial charge in [-0.3, -0.25) is 14.2 Å². The maximum atomic E-state index is 12.4. The van der Waals surface area contributed by atoms with Crippen LogP contribution in [0.2, 0.25) is 0 Å². The zero-order chi connectivity index (χ0) is 15.7. The number of piperazine rings is 1. The van der Waals surface area contributed by atoms with Crippen molar-refractivity contribution < 1.29 is 4.79 Å². The van der Waals surface area contributed by atoms with Gasteiger partial charge in [0.2, 0.25) is 5.91 Å². The molecule has 22 heavy (non-hydrogen) atoms. The van der Waals surface area contributed by atoms with Crippen LogP contribution in [-0.2, 0) is 11.3 Å². The lowest BCUT2D eigenvalue weighted by Crippen LogP contribution is -2.57. The molecule has 2 aromatic rings. The number of fused-ring (bicyclic) bond motifs is 1. The van der Waals surface area contributed by atoms with Crippen molar-refractivity contribution in [3.8, 4) is 0 Å². The number of aryl methyl sites for hydroxylation is 1. The van der Waals surface area contributed by atoms with E-state index in [1.165, 1.54) is 22.2 Å². The average molecular weight is 320 g/mol. The van der Waals surface area contributed by atoms with Crippen LogP contribution >= 0.6 is 11.3 Å². The van der Waals surface area contributed by atoms with E-state index in [-0.39, 0.29) is 17.5 Å². The molecule has 0 spiro atoms. The quantitative estimate of drug-likeness (QED) is 0.918. The van der Waals surface area contributed by atoms with Crippen LogP contribution in [0, 0.1) is 0 Å². The molecule has 1 fully saturated rings. The molecule has 0 radical (unpaired) electrons. The Bertz CT molecular complexity index is 738. The fraction of sp³-hybridized carbons (Fsp3) is 0.533. The van der Waals surface area contributed by atoms with Crippen LogP contribution < -0.4 is 10.9 Å². The van der Waals surface area contributed by atoms with Gasteiger partial charge in [-0.1, -0.05) is 0 Å². The Morgan fingerprint density at radius 3 is 3.14 bits per heavy atom. The molecule has 2 atom stereocenters. The standard InChI is InChI=1S/C15H20N4O2S/c1-10-11(2)19(7-5-16-10)13(20)3-6-18-9-17-14-12(15(18)21)4-8-22-14/h4,8-11,16H,3,5-7H2,1-2H3. The predicted molar refractivity (Wildman–Crippen MR) is 87.1 cm³/mol. The van der Waals surface area contributed by atoms with Crippen molar-refractivity contribution in [3.63, 3.8) is 0 Å². The maximum Gasteiger partial charge on any atom is 0.262 e. The maximum absolute atomic E-state index is 12.4. The Labute approximate surface area is 132 Å². The summed E-state index contributed by atoms with van der Waals surface area (Å²) in [6.45, 7) is 6.06. The second-order valence-corrected chi connectivity index (χ2v) is 6.60. The summed E-state index contributed by atoms with van der Waals surface area (Å²) in [4.78, 5) is 31.6. The smallest absolute Gasteiger partial charge is 0.262 e. The first-order valence-corrected chi connectivity index (χ1v) is 8.41. The third-order valence-corrected chi connectivity index (χ3v) is 5.19. The van der Waals surface area contributed by atoms with E-state index in [4.69, 9.17) is 0 Å². The van der Waals surface area contributed by atoms with Gasteiger partial charge in [0, 0.05) is 38.1 Å². The fourth-order valence-electron chi connectivity index (χ4n) is 2.82. The molecule has 0 aromatic carbocycles. The molecule has 118 valence electrons.